The van der Waals surface area contributed by atoms with Crippen molar-refractivity contribution in [1.29, 1.82) is 0 Å². The van der Waals surface area contributed by atoms with Crippen molar-refractivity contribution in [1.82, 2.24) is 4.31 Å². The number of alkyl halides is 2. The fourth-order valence-electron chi connectivity index (χ4n) is 4.67. The number of halogens is 5. The topological polar surface area (TPSA) is 106 Å². The maximum Gasteiger partial charge on any atom is 0.387 e. The zero-order valence-electron chi connectivity index (χ0n) is 23.7. The predicted molar refractivity (Wildman–Crippen MR) is 160 cm³/mol. The molecule has 2 atom stereocenters. The number of ether oxygens (including phenoxy) is 4. The van der Waals surface area contributed by atoms with Crippen molar-refractivity contribution in [3.05, 3.63) is 75.8 Å². The summed E-state index contributed by atoms with van der Waals surface area (Å²) in [7, 11) is -3.16. The Balaban J connectivity index is 1.48. The number of nitrogens with zero attached hydrogens (tertiary/aromatic N) is 1. The number of methoxy groups -OCH3 is 1. The number of thioether (sulfide) groups is 1. The predicted octanol–water partition coefficient (Wildman–Crippen LogP) is 5.94. The Kier molecular flexibility index (Phi) is 10.6. The lowest BCUT2D eigenvalue weighted by Crippen LogP contribution is -2.41. The number of pyridine rings is 1. The summed E-state index contributed by atoms with van der Waals surface area (Å²) in [6, 6.07) is 7.22. The Morgan fingerprint density at radius 3 is 2.47 bits per heavy atom. The Bertz CT molecular complexity index is 1640. The van der Waals surface area contributed by atoms with E-state index in [9.17, 15) is 26.4 Å². The molecule has 1 saturated carbocycles. The molecule has 1 saturated heterocycles. The first-order valence-corrected chi connectivity index (χ1v) is 17.0. The first kappa shape index (κ1) is 33.5. The molecule has 1 aliphatic carbocycles. The third-order valence-electron chi connectivity index (χ3n) is 7.13. The van der Waals surface area contributed by atoms with Crippen LogP contribution in [0.5, 0.6) is 17.2 Å². The van der Waals surface area contributed by atoms with Gasteiger partial charge in [-0.05, 0) is 54.7 Å². The van der Waals surface area contributed by atoms with E-state index in [-0.39, 0.29) is 52.6 Å². The molecule has 0 spiro atoms. The van der Waals surface area contributed by atoms with Crippen molar-refractivity contribution >= 4 is 51.0 Å². The molecule has 2 aromatic carbocycles. The lowest BCUT2D eigenvalue weighted by atomic mass is 10.0. The largest absolute Gasteiger partial charge is 0.495 e. The summed E-state index contributed by atoms with van der Waals surface area (Å²) < 4.78 is 90.2. The fourth-order valence-corrected chi connectivity index (χ4v) is 8.42. The molecule has 0 bridgehead atoms. The van der Waals surface area contributed by atoms with Crippen molar-refractivity contribution in [2.45, 2.75) is 42.2 Å². The molecule has 0 unspecified atom stereocenters. The van der Waals surface area contributed by atoms with Gasteiger partial charge in [-0.15, -0.1) is 11.8 Å². The standard InChI is InChI=1S/C29H27Cl2F3N2O7S2/c1-40-23-7-5-18(32)11-26(23)45(38,39)36-8-9-44-27(36)28(37)42-24(12-19-20(30)13-35-14-21(19)31)17-4-6-22(43-29(33)34)25(10-17)41-15-16-2-3-16/h4-7,10-11,13-14,16,24,27,29H,2-3,8-9,12,15H2,1H3/p+1/t24-,27-/m0/s1. The Morgan fingerprint density at radius 2 is 1.80 bits per heavy atom. The first-order valence-electron chi connectivity index (χ1n) is 13.7. The number of carbonyl (C=O) groups excluding carboxylic acids is 1. The van der Waals surface area contributed by atoms with E-state index in [2.05, 4.69) is 9.72 Å². The van der Waals surface area contributed by atoms with Gasteiger partial charge in [0.25, 0.3) is 0 Å². The Hall–Kier alpha value is -2.91. The van der Waals surface area contributed by atoms with Crippen LogP contribution in [-0.2, 0) is 26.0 Å². The minimum atomic E-state index is -4.41. The number of aromatic amines is 1. The molecule has 3 aromatic rings. The van der Waals surface area contributed by atoms with Crippen LogP contribution in [0.25, 0.3) is 0 Å². The Morgan fingerprint density at radius 1 is 1.09 bits per heavy atom. The average molecular weight is 709 g/mol. The maximum atomic E-state index is 14.1. The highest BCUT2D eigenvalue weighted by atomic mass is 35.5. The molecule has 45 heavy (non-hydrogen) atoms. The summed E-state index contributed by atoms with van der Waals surface area (Å²) in [5.74, 6) is -1.42. The van der Waals surface area contributed by atoms with Crippen LogP contribution in [0.4, 0.5) is 13.2 Å². The second-order valence-corrected chi connectivity index (χ2v) is 14.1. The van der Waals surface area contributed by atoms with Crippen LogP contribution >= 0.6 is 35.0 Å². The van der Waals surface area contributed by atoms with E-state index in [1.54, 1.807) is 0 Å². The molecule has 1 N–H and O–H groups in total. The van der Waals surface area contributed by atoms with Gasteiger partial charge >= 0.3 is 12.6 Å². The zero-order valence-corrected chi connectivity index (χ0v) is 26.8. The van der Waals surface area contributed by atoms with Crippen LogP contribution < -0.4 is 19.2 Å². The van der Waals surface area contributed by atoms with Crippen molar-refractivity contribution in [3.8, 4) is 17.2 Å². The zero-order chi connectivity index (χ0) is 32.3. The van der Waals surface area contributed by atoms with E-state index in [1.807, 2.05) is 0 Å². The molecule has 2 aliphatic rings. The number of hydrogen-bond donors (Lipinski definition) is 0. The highest BCUT2D eigenvalue weighted by molar-refractivity contribution is 8.02. The van der Waals surface area contributed by atoms with Gasteiger partial charge in [0.2, 0.25) is 10.0 Å². The molecule has 242 valence electrons. The minimum Gasteiger partial charge on any atom is -0.495 e. The second kappa shape index (κ2) is 14.2. The molecule has 2 heterocycles. The number of aromatic nitrogens is 1. The smallest absolute Gasteiger partial charge is 0.387 e. The summed E-state index contributed by atoms with van der Waals surface area (Å²) in [5, 5.41) is -0.847. The van der Waals surface area contributed by atoms with Gasteiger partial charge in [-0.25, -0.2) is 22.6 Å². The van der Waals surface area contributed by atoms with Crippen molar-refractivity contribution < 1.29 is 50.3 Å². The number of H-pyrrole nitrogens is 1. The van der Waals surface area contributed by atoms with Gasteiger partial charge in [-0.1, -0.05) is 29.3 Å². The van der Waals surface area contributed by atoms with E-state index in [0.717, 1.165) is 41.0 Å². The average Bonchev–Trinajstić information content (AvgIpc) is 3.69. The summed E-state index contributed by atoms with van der Waals surface area (Å²) in [6.07, 6.45) is 3.70. The van der Waals surface area contributed by atoms with Crippen LogP contribution in [-0.4, -0.2) is 56.7 Å². The molecule has 1 aromatic heterocycles. The molecule has 16 heteroatoms. The van der Waals surface area contributed by atoms with Crippen LogP contribution in [0.15, 0.2) is 53.7 Å². The van der Waals surface area contributed by atoms with Crippen molar-refractivity contribution in [2.24, 2.45) is 5.92 Å². The molecular formula is C29H28Cl2F3N2O7S2+. The third kappa shape index (κ3) is 7.91. The van der Waals surface area contributed by atoms with E-state index >= 15 is 0 Å². The van der Waals surface area contributed by atoms with Crippen LogP contribution in [0.2, 0.25) is 10.0 Å². The number of rotatable bonds is 13. The first-order chi connectivity index (χ1) is 21.5. The number of sulfonamides is 1. The second-order valence-electron chi connectivity index (χ2n) is 10.2. The molecule has 0 radical (unpaired) electrons. The van der Waals surface area contributed by atoms with Crippen LogP contribution in [0, 0.1) is 11.7 Å². The third-order valence-corrected chi connectivity index (χ3v) is 11.0. The minimum absolute atomic E-state index is 0.0250. The highest BCUT2D eigenvalue weighted by Crippen LogP contribution is 2.40. The van der Waals surface area contributed by atoms with Gasteiger partial charge in [0.1, 0.15) is 32.6 Å². The quantitative estimate of drug-likeness (QED) is 0.201. The van der Waals surface area contributed by atoms with E-state index in [0.29, 0.717) is 17.0 Å². The van der Waals surface area contributed by atoms with Gasteiger partial charge in [0.05, 0.1) is 13.7 Å². The van der Waals surface area contributed by atoms with Crippen LogP contribution in [0.3, 0.4) is 0 Å². The molecular weight excluding hydrogens is 680 g/mol. The molecule has 2 fully saturated rings. The molecule has 1 aliphatic heterocycles. The normalized spacial score (nSPS) is 17.7. The highest BCUT2D eigenvalue weighted by Gasteiger charge is 2.43. The van der Waals surface area contributed by atoms with E-state index < -0.39 is 44.8 Å². The summed E-state index contributed by atoms with van der Waals surface area (Å²) in [6.45, 7) is -2.87. The lowest BCUT2D eigenvalue weighted by molar-refractivity contribution is -0.377. The molecule has 5 rings (SSSR count). The number of carbonyl (C=O) groups is 1. The number of hydrogen-bond acceptors (Lipinski definition) is 8. The number of benzene rings is 2. The monoisotopic (exact) mass is 707 g/mol. The SMILES string of the molecule is COc1ccc(F)cc1S(=O)(=O)N1CCS[C@H]1C(=O)O[C@@H](Cc1c(Cl)c[nH+]cc1Cl)c1ccc(OC(F)F)c(OCC2CC2)c1. The molecule has 0 amide bonds. The van der Waals surface area contributed by atoms with Crippen molar-refractivity contribution in [2.75, 3.05) is 26.0 Å². The summed E-state index contributed by atoms with van der Waals surface area (Å²) in [5.41, 5.74) is 0.747. The van der Waals surface area contributed by atoms with Gasteiger partial charge < -0.3 is 18.9 Å². The van der Waals surface area contributed by atoms with Gasteiger partial charge in [0, 0.05) is 24.3 Å². The van der Waals surface area contributed by atoms with Crippen LogP contribution in [0.1, 0.15) is 30.1 Å². The van der Waals surface area contributed by atoms with E-state index in [1.165, 1.54) is 43.8 Å². The van der Waals surface area contributed by atoms with Gasteiger partial charge in [0.15, 0.2) is 29.3 Å². The fraction of sp³-hybridized carbons (Fsp3) is 0.379. The maximum absolute atomic E-state index is 14.1. The lowest BCUT2D eigenvalue weighted by Gasteiger charge is -2.26. The van der Waals surface area contributed by atoms with Crippen molar-refractivity contribution in [3.63, 3.8) is 0 Å². The van der Waals surface area contributed by atoms with Gasteiger partial charge in [-0.2, -0.15) is 13.1 Å². The Labute approximate surface area is 271 Å². The summed E-state index contributed by atoms with van der Waals surface area (Å²) >= 11 is 13.8. The molecule has 9 nitrogen and oxygen atoms in total. The number of nitrogens with one attached hydrogen (secondary N) is 1. The summed E-state index contributed by atoms with van der Waals surface area (Å²) in [4.78, 5) is 16.1. The number of esters is 1. The van der Waals surface area contributed by atoms with E-state index in [4.69, 9.17) is 37.4 Å². The van der Waals surface area contributed by atoms with Gasteiger partial charge in [-0.3, -0.25) is 0 Å².